The van der Waals surface area contributed by atoms with Gasteiger partial charge < -0.3 is 14.5 Å². The molecule has 152 valence electrons. The van der Waals surface area contributed by atoms with Crippen LogP contribution in [0.4, 0.5) is 0 Å². The van der Waals surface area contributed by atoms with Crippen molar-refractivity contribution in [2.75, 3.05) is 0 Å². The van der Waals surface area contributed by atoms with E-state index in [1.54, 1.807) is 6.07 Å². The zero-order chi connectivity index (χ0) is 20.8. The first-order valence-electron chi connectivity index (χ1n) is 9.32. The van der Waals surface area contributed by atoms with Crippen LogP contribution in [-0.4, -0.2) is 29.0 Å². The summed E-state index contributed by atoms with van der Waals surface area (Å²) in [4.78, 5) is 13.7. The molecule has 3 N–H and O–H groups in total. The summed E-state index contributed by atoms with van der Waals surface area (Å²) in [6, 6.07) is 8.27. The molecule has 0 radical (unpaired) electrons. The second-order valence-corrected chi connectivity index (χ2v) is 8.57. The van der Waals surface area contributed by atoms with Gasteiger partial charge in [-0.3, -0.25) is 9.35 Å². The predicted molar refractivity (Wildman–Crippen MR) is 106 cm³/mol. The van der Waals surface area contributed by atoms with Crippen LogP contribution in [0, 0.1) is 6.92 Å². The van der Waals surface area contributed by atoms with Gasteiger partial charge in [-0.05, 0) is 31.0 Å². The first kappa shape index (κ1) is 19.4. The first-order chi connectivity index (χ1) is 13.7. The summed E-state index contributed by atoms with van der Waals surface area (Å²) < 4.78 is 40.3. The van der Waals surface area contributed by atoms with Crippen molar-refractivity contribution in [3.8, 4) is 0 Å². The zero-order valence-electron chi connectivity index (χ0n) is 15.8. The number of nitrogens with one attached hydrogen (secondary N) is 1. The summed E-state index contributed by atoms with van der Waals surface area (Å²) >= 11 is 0. The van der Waals surface area contributed by atoms with Crippen molar-refractivity contribution in [1.29, 1.82) is 0 Å². The van der Waals surface area contributed by atoms with Gasteiger partial charge in [-0.25, -0.2) is 0 Å². The summed E-state index contributed by atoms with van der Waals surface area (Å²) in [5.74, 6) is -0.0394. The maximum Gasteiger partial charge on any atom is 0.344 e. The maximum atomic E-state index is 11.5. The number of benzene rings is 2. The Morgan fingerprint density at radius 2 is 1.86 bits per heavy atom. The molecule has 2 aromatic carbocycles. The van der Waals surface area contributed by atoms with Crippen LogP contribution >= 0.6 is 0 Å². The number of aromatic amines is 1. The molecule has 0 unspecified atom stereocenters. The van der Waals surface area contributed by atoms with Crippen LogP contribution in [0.5, 0.6) is 0 Å². The van der Waals surface area contributed by atoms with Gasteiger partial charge in [0.25, 0.3) is 15.6 Å². The molecule has 4 rings (SSSR count). The van der Waals surface area contributed by atoms with Crippen LogP contribution < -0.4 is 4.57 Å². The van der Waals surface area contributed by atoms with Gasteiger partial charge in [0.1, 0.15) is 0 Å². The Labute approximate surface area is 166 Å². The summed E-state index contributed by atoms with van der Waals surface area (Å²) in [5.41, 5.74) is 3.16. The molecule has 0 aliphatic heterocycles. The molecule has 0 saturated heterocycles. The number of carboxylic acid groups (broad SMARTS) is 1. The third-order valence-electron chi connectivity index (χ3n) is 5.15. The fraction of sp³-hybridized carbons (Fsp3) is 0.300. The molecule has 2 heterocycles. The molecule has 29 heavy (non-hydrogen) atoms. The predicted octanol–water partition coefficient (Wildman–Crippen LogP) is 3.55. The lowest BCUT2D eigenvalue weighted by molar-refractivity contribution is -0.683. The Balaban J connectivity index is 1.75. The van der Waals surface area contributed by atoms with Crippen LogP contribution in [0.15, 0.2) is 39.6 Å². The van der Waals surface area contributed by atoms with E-state index in [4.69, 9.17) is 9.52 Å². The quantitative estimate of drug-likeness (QED) is 0.240. The fourth-order valence-electron chi connectivity index (χ4n) is 3.73. The minimum atomic E-state index is -4.29. The lowest BCUT2D eigenvalue weighted by Gasteiger charge is -1.98. The van der Waals surface area contributed by atoms with Crippen LogP contribution in [0.3, 0.4) is 0 Å². The van der Waals surface area contributed by atoms with E-state index < -0.39 is 16.1 Å². The first-order valence-corrected chi connectivity index (χ1v) is 10.8. The number of hydrogen-bond donors (Lipinski definition) is 3. The number of rotatable bonds is 7. The molecule has 9 heteroatoms. The number of aryl methyl sites for hydroxylation is 2. The van der Waals surface area contributed by atoms with Gasteiger partial charge in [0.05, 0.1) is 17.3 Å². The molecule has 2 aromatic heterocycles. The molecule has 0 saturated carbocycles. The highest BCUT2D eigenvalue weighted by Crippen LogP contribution is 2.30. The van der Waals surface area contributed by atoms with E-state index in [9.17, 15) is 17.8 Å². The van der Waals surface area contributed by atoms with Crippen molar-refractivity contribution in [3.63, 3.8) is 0 Å². The largest absolute Gasteiger partial charge is 0.481 e. The second kappa shape index (κ2) is 7.16. The molecule has 0 aliphatic carbocycles. The van der Waals surface area contributed by atoms with Crippen molar-refractivity contribution in [3.05, 3.63) is 36.2 Å². The standard InChI is InChI=1S/C20H20N2O6S/c1-12-22(8-4-2-3-5-20(23)24)18-10-15-14-9-13(29(25,26)27)6-7-16(14)21-17(15)11-19(18)28-12/h6-7,9-11,21H,2-5,8H2,1H3,(H-,23,24,25,26,27)/p+1. The van der Waals surface area contributed by atoms with E-state index in [0.717, 1.165) is 40.7 Å². The van der Waals surface area contributed by atoms with Gasteiger partial charge in [0, 0.05) is 41.3 Å². The fourth-order valence-corrected chi connectivity index (χ4v) is 4.24. The van der Waals surface area contributed by atoms with Crippen molar-refractivity contribution >= 4 is 49.0 Å². The molecular formula is C20H21N2O6S+. The highest BCUT2D eigenvalue weighted by Gasteiger charge is 2.21. The van der Waals surface area contributed by atoms with Crippen molar-refractivity contribution in [2.45, 2.75) is 44.0 Å². The number of unbranched alkanes of at least 4 members (excludes halogenated alkanes) is 2. The van der Waals surface area contributed by atoms with Crippen molar-refractivity contribution in [1.82, 2.24) is 4.98 Å². The molecular weight excluding hydrogens is 396 g/mol. The Hall–Kier alpha value is -2.91. The summed E-state index contributed by atoms with van der Waals surface area (Å²) in [5, 5.41) is 10.3. The number of hydrogen-bond acceptors (Lipinski definition) is 4. The SMILES string of the molecule is Cc1oc2cc3[nH]c4ccc(S(=O)(=O)O)cc4c3cc2[n+]1CCCCCC(=O)O. The Morgan fingerprint density at radius 3 is 2.59 bits per heavy atom. The van der Waals surface area contributed by atoms with Crippen LogP contribution in [0.25, 0.3) is 32.9 Å². The number of aromatic nitrogens is 2. The van der Waals surface area contributed by atoms with Crippen LogP contribution in [0.1, 0.15) is 31.6 Å². The number of aliphatic carboxylic acids is 1. The van der Waals surface area contributed by atoms with Crippen LogP contribution in [0.2, 0.25) is 0 Å². The highest BCUT2D eigenvalue weighted by molar-refractivity contribution is 7.85. The smallest absolute Gasteiger partial charge is 0.344 e. The summed E-state index contributed by atoms with van der Waals surface area (Å²) in [7, 11) is -4.29. The van der Waals surface area contributed by atoms with Crippen molar-refractivity contribution in [2.24, 2.45) is 0 Å². The third-order valence-corrected chi connectivity index (χ3v) is 6.00. The van der Waals surface area contributed by atoms with Gasteiger partial charge in [0.2, 0.25) is 5.58 Å². The van der Waals surface area contributed by atoms with E-state index in [1.165, 1.54) is 12.1 Å². The van der Waals surface area contributed by atoms with E-state index >= 15 is 0 Å². The lowest BCUT2D eigenvalue weighted by atomic mass is 10.1. The van der Waals surface area contributed by atoms with Gasteiger partial charge in [-0.2, -0.15) is 13.0 Å². The number of oxazole rings is 1. The Kier molecular flexibility index (Phi) is 4.79. The van der Waals surface area contributed by atoms with E-state index in [2.05, 4.69) is 4.98 Å². The van der Waals surface area contributed by atoms with Gasteiger partial charge in [-0.1, -0.05) is 0 Å². The third kappa shape index (κ3) is 3.70. The molecule has 0 spiro atoms. The van der Waals surface area contributed by atoms with E-state index in [1.807, 2.05) is 23.6 Å². The zero-order valence-corrected chi connectivity index (χ0v) is 16.6. The monoisotopic (exact) mass is 417 g/mol. The van der Waals surface area contributed by atoms with Gasteiger partial charge >= 0.3 is 11.9 Å². The Morgan fingerprint density at radius 1 is 1.10 bits per heavy atom. The van der Waals surface area contributed by atoms with Gasteiger partial charge in [0.15, 0.2) is 6.54 Å². The number of H-pyrrole nitrogens is 1. The molecule has 0 fully saturated rings. The van der Waals surface area contributed by atoms with Crippen LogP contribution in [-0.2, 0) is 21.5 Å². The summed E-state index contributed by atoms with van der Waals surface area (Å²) in [6.45, 7) is 2.57. The van der Waals surface area contributed by atoms with Gasteiger partial charge in [-0.15, -0.1) is 0 Å². The number of carbonyl (C=O) groups is 1. The number of fused-ring (bicyclic) bond motifs is 4. The topological polar surface area (TPSA) is 124 Å². The molecule has 0 aliphatic rings. The maximum absolute atomic E-state index is 11.5. The highest BCUT2D eigenvalue weighted by atomic mass is 32.2. The molecule has 0 atom stereocenters. The molecule has 0 bridgehead atoms. The molecule has 8 nitrogen and oxygen atoms in total. The number of carboxylic acids is 1. The molecule has 0 amide bonds. The Bertz CT molecular complexity index is 1350. The average Bonchev–Trinajstić information content (AvgIpc) is 3.14. The average molecular weight is 417 g/mol. The minimum absolute atomic E-state index is 0.152. The summed E-state index contributed by atoms with van der Waals surface area (Å²) in [6.07, 6.45) is 2.43. The molecule has 4 aromatic rings. The lowest BCUT2D eigenvalue weighted by Crippen LogP contribution is -2.35. The number of nitrogens with zero attached hydrogens (tertiary/aromatic N) is 1. The van der Waals surface area contributed by atoms with E-state index in [-0.39, 0.29) is 11.3 Å². The van der Waals surface area contributed by atoms with Crippen molar-refractivity contribution < 1.29 is 31.9 Å². The van der Waals surface area contributed by atoms with E-state index in [0.29, 0.717) is 23.9 Å². The second-order valence-electron chi connectivity index (χ2n) is 7.15. The minimum Gasteiger partial charge on any atom is -0.481 e. The normalized spacial score (nSPS) is 12.3.